The van der Waals surface area contributed by atoms with E-state index in [1.54, 1.807) is 13.1 Å². The van der Waals surface area contributed by atoms with Crippen LogP contribution in [0.3, 0.4) is 0 Å². The van der Waals surface area contributed by atoms with E-state index in [1.165, 1.54) is 0 Å². The molecule has 5 heteroatoms. The molecule has 1 aliphatic rings. The third-order valence-electron chi connectivity index (χ3n) is 3.81. The van der Waals surface area contributed by atoms with E-state index in [2.05, 4.69) is 15.5 Å². The van der Waals surface area contributed by atoms with Crippen molar-refractivity contribution in [2.75, 3.05) is 26.7 Å². The molecule has 0 bridgehead atoms. The molecule has 0 radical (unpaired) electrons. The van der Waals surface area contributed by atoms with Crippen molar-refractivity contribution in [1.82, 2.24) is 15.5 Å². The number of amides is 1. The second-order valence-corrected chi connectivity index (χ2v) is 5.23. The average Bonchev–Trinajstić information content (AvgIpc) is 2.48. The van der Waals surface area contributed by atoms with Crippen LogP contribution in [0.25, 0.3) is 0 Å². The van der Waals surface area contributed by atoms with Gasteiger partial charge in [-0.05, 0) is 18.9 Å². The number of rotatable bonds is 5. The van der Waals surface area contributed by atoms with Gasteiger partial charge in [-0.25, -0.2) is 0 Å². The summed E-state index contributed by atoms with van der Waals surface area (Å²) in [6.45, 7) is 3.05. The number of hydrogen-bond acceptors (Lipinski definition) is 4. The first-order valence-corrected chi connectivity index (χ1v) is 7.12. The minimum absolute atomic E-state index is 0.0746. The number of piperidine rings is 1. The molecule has 1 amide bonds. The van der Waals surface area contributed by atoms with Gasteiger partial charge in [-0.15, -0.1) is 0 Å². The Labute approximate surface area is 120 Å². The van der Waals surface area contributed by atoms with Crippen molar-refractivity contribution in [3.63, 3.8) is 0 Å². The summed E-state index contributed by atoms with van der Waals surface area (Å²) in [5.41, 5.74) is 0.931. The zero-order valence-electron chi connectivity index (χ0n) is 11.9. The van der Waals surface area contributed by atoms with Crippen molar-refractivity contribution >= 4 is 5.91 Å². The minimum Gasteiger partial charge on any atom is -0.508 e. The molecule has 5 nitrogen and oxygen atoms in total. The van der Waals surface area contributed by atoms with Crippen LogP contribution in [-0.4, -0.2) is 48.6 Å². The number of aromatic hydroxyl groups is 1. The number of hydrogen-bond donors (Lipinski definition) is 3. The van der Waals surface area contributed by atoms with Gasteiger partial charge in [0.2, 0.25) is 5.91 Å². The SMILES string of the molecule is CNC(=O)CN1CCC(NCc2ccccc2O)CC1. The van der Waals surface area contributed by atoms with E-state index in [9.17, 15) is 9.90 Å². The largest absolute Gasteiger partial charge is 0.508 e. The fourth-order valence-corrected chi connectivity index (χ4v) is 2.49. The molecule has 1 aliphatic heterocycles. The van der Waals surface area contributed by atoms with Crippen LogP contribution in [0.1, 0.15) is 18.4 Å². The number of benzene rings is 1. The maximum atomic E-state index is 11.3. The quantitative estimate of drug-likeness (QED) is 0.741. The first-order valence-electron chi connectivity index (χ1n) is 7.12. The molecule has 0 spiro atoms. The molecule has 0 unspecified atom stereocenters. The van der Waals surface area contributed by atoms with Gasteiger partial charge in [0.15, 0.2) is 0 Å². The third kappa shape index (κ3) is 4.21. The first-order chi connectivity index (χ1) is 9.69. The summed E-state index contributed by atoms with van der Waals surface area (Å²) < 4.78 is 0. The van der Waals surface area contributed by atoms with Crippen LogP contribution in [0.4, 0.5) is 0 Å². The second kappa shape index (κ2) is 7.26. The molecule has 1 saturated heterocycles. The van der Waals surface area contributed by atoms with E-state index in [0.29, 0.717) is 24.9 Å². The van der Waals surface area contributed by atoms with Crippen LogP contribution in [0.15, 0.2) is 24.3 Å². The fourth-order valence-electron chi connectivity index (χ4n) is 2.49. The van der Waals surface area contributed by atoms with Crippen molar-refractivity contribution in [2.45, 2.75) is 25.4 Å². The second-order valence-electron chi connectivity index (χ2n) is 5.23. The molecule has 0 aliphatic carbocycles. The summed E-state index contributed by atoms with van der Waals surface area (Å²) in [4.78, 5) is 13.5. The van der Waals surface area contributed by atoms with Crippen LogP contribution < -0.4 is 10.6 Å². The average molecular weight is 277 g/mol. The van der Waals surface area contributed by atoms with Gasteiger partial charge in [0.25, 0.3) is 0 Å². The highest BCUT2D eigenvalue weighted by atomic mass is 16.3. The van der Waals surface area contributed by atoms with Crippen LogP contribution in [0.5, 0.6) is 5.75 Å². The summed E-state index contributed by atoms with van der Waals surface area (Å²) in [7, 11) is 1.67. The number of likely N-dealkylation sites (tertiary alicyclic amines) is 1. The number of phenols is 1. The molecule has 1 heterocycles. The van der Waals surface area contributed by atoms with Crippen molar-refractivity contribution in [3.05, 3.63) is 29.8 Å². The standard InChI is InChI=1S/C15H23N3O2/c1-16-15(20)11-18-8-6-13(7-9-18)17-10-12-4-2-3-5-14(12)19/h2-5,13,17,19H,6-11H2,1H3,(H,16,20). The van der Waals surface area contributed by atoms with Gasteiger partial charge in [-0.3, -0.25) is 9.69 Å². The lowest BCUT2D eigenvalue weighted by Crippen LogP contribution is -2.45. The Morgan fingerprint density at radius 3 is 2.70 bits per heavy atom. The summed E-state index contributed by atoms with van der Waals surface area (Å²) in [6.07, 6.45) is 2.06. The van der Waals surface area contributed by atoms with Gasteiger partial charge < -0.3 is 15.7 Å². The van der Waals surface area contributed by atoms with Gasteiger partial charge in [-0.1, -0.05) is 18.2 Å². The molecule has 3 N–H and O–H groups in total. The molecule has 1 aromatic carbocycles. The minimum atomic E-state index is 0.0746. The zero-order chi connectivity index (χ0) is 14.4. The zero-order valence-corrected chi connectivity index (χ0v) is 11.9. The highest BCUT2D eigenvalue weighted by Crippen LogP contribution is 2.16. The number of carbonyl (C=O) groups is 1. The molecule has 110 valence electrons. The summed E-state index contributed by atoms with van der Waals surface area (Å²) in [6, 6.07) is 7.86. The lowest BCUT2D eigenvalue weighted by molar-refractivity contribution is -0.122. The number of likely N-dealkylation sites (N-methyl/N-ethyl adjacent to an activating group) is 1. The lowest BCUT2D eigenvalue weighted by atomic mass is 10.0. The lowest BCUT2D eigenvalue weighted by Gasteiger charge is -2.31. The van der Waals surface area contributed by atoms with Gasteiger partial charge in [0.05, 0.1) is 6.54 Å². The Hall–Kier alpha value is -1.59. The molecule has 1 aromatic rings. The number of nitrogens with zero attached hydrogens (tertiary/aromatic N) is 1. The maximum Gasteiger partial charge on any atom is 0.233 e. The molecular formula is C15H23N3O2. The Bertz CT molecular complexity index is 442. The molecule has 0 atom stereocenters. The smallest absolute Gasteiger partial charge is 0.233 e. The Balaban J connectivity index is 1.72. The monoisotopic (exact) mass is 277 g/mol. The van der Waals surface area contributed by atoms with Gasteiger partial charge >= 0.3 is 0 Å². The molecule has 0 aromatic heterocycles. The number of nitrogens with one attached hydrogen (secondary N) is 2. The number of carbonyl (C=O) groups excluding carboxylic acids is 1. The van der Waals surface area contributed by atoms with Crippen molar-refractivity contribution in [2.24, 2.45) is 0 Å². The van der Waals surface area contributed by atoms with E-state index in [-0.39, 0.29) is 5.91 Å². The van der Waals surface area contributed by atoms with E-state index in [0.717, 1.165) is 31.5 Å². The van der Waals surface area contributed by atoms with Crippen LogP contribution in [0.2, 0.25) is 0 Å². The molecule has 1 fully saturated rings. The van der Waals surface area contributed by atoms with Gasteiger partial charge in [-0.2, -0.15) is 0 Å². The highest BCUT2D eigenvalue weighted by molar-refractivity contribution is 5.77. The van der Waals surface area contributed by atoms with E-state index >= 15 is 0 Å². The Kier molecular flexibility index (Phi) is 5.38. The van der Waals surface area contributed by atoms with Crippen molar-refractivity contribution in [3.8, 4) is 5.75 Å². The first kappa shape index (κ1) is 14.8. The van der Waals surface area contributed by atoms with E-state index in [1.807, 2.05) is 18.2 Å². The van der Waals surface area contributed by atoms with Crippen molar-refractivity contribution in [1.29, 1.82) is 0 Å². The molecular weight excluding hydrogens is 254 g/mol. The highest BCUT2D eigenvalue weighted by Gasteiger charge is 2.20. The van der Waals surface area contributed by atoms with E-state index < -0.39 is 0 Å². The Morgan fingerprint density at radius 2 is 2.05 bits per heavy atom. The topological polar surface area (TPSA) is 64.6 Å². The normalized spacial score (nSPS) is 17.1. The molecule has 0 saturated carbocycles. The van der Waals surface area contributed by atoms with Crippen LogP contribution >= 0.6 is 0 Å². The summed E-state index contributed by atoms with van der Waals surface area (Å²) in [5, 5.41) is 15.8. The predicted molar refractivity (Wildman–Crippen MR) is 78.5 cm³/mol. The number of para-hydroxylation sites is 1. The Morgan fingerprint density at radius 1 is 1.35 bits per heavy atom. The van der Waals surface area contributed by atoms with Crippen molar-refractivity contribution < 1.29 is 9.90 Å². The van der Waals surface area contributed by atoms with Gasteiger partial charge in [0, 0.05) is 38.3 Å². The third-order valence-corrected chi connectivity index (χ3v) is 3.81. The van der Waals surface area contributed by atoms with Gasteiger partial charge in [0.1, 0.15) is 5.75 Å². The summed E-state index contributed by atoms with van der Waals surface area (Å²) in [5.74, 6) is 0.419. The van der Waals surface area contributed by atoms with Crippen LogP contribution in [-0.2, 0) is 11.3 Å². The number of phenolic OH excluding ortho intramolecular Hbond substituents is 1. The predicted octanol–water partition coefficient (Wildman–Crippen LogP) is 0.692. The fraction of sp³-hybridized carbons (Fsp3) is 0.533. The molecule has 2 rings (SSSR count). The van der Waals surface area contributed by atoms with Crippen LogP contribution in [0, 0.1) is 0 Å². The summed E-state index contributed by atoms with van der Waals surface area (Å²) >= 11 is 0. The molecule has 20 heavy (non-hydrogen) atoms. The van der Waals surface area contributed by atoms with E-state index in [4.69, 9.17) is 0 Å². The maximum absolute atomic E-state index is 11.3.